The number of anilines is 1. The molecule has 0 fully saturated rings. The third-order valence-corrected chi connectivity index (χ3v) is 3.19. The normalized spacial score (nSPS) is 10.6. The number of hydrogen-bond acceptors (Lipinski definition) is 5. The van der Waals surface area contributed by atoms with E-state index in [1.807, 2.05) is 43.3 Å². The van der Waals surface area contributed by atoms with Crippen molar-refractivity contribution in [2.45, 2.75) is 6.92 Å². The minimum atomic E-state index is 0.613. The molecule has 3 rings (SSSR count). The van der Waals surface area contributed by atoms with Crippen molar-refractivity contribution in [2.75, 3.05) is 19.0 Å². The van der Waals surface area contributed by atoms with Gasteiger partial charge in [0.25, 0.3) is 0 Å². The number of methoxy groups -OCH3 is 1. The van der Waals surface area contributed by atoms with Crippen LogP contribution in [0.5, 0.6) is 5.75 Å². The molecule has 3 aromatic rings. The van der Waals surface area contributed by atoms with Gasteiger partial charge in [-0.1, -0.05) is 24.3 Å². The van der Waals surface area contributed by atoms with E-state index in [-0.39, 0.29) is 0 Å². The molecule has 2 aromatic heterocycles. The molecule has 5 heteroatoms. The topological polar surface area (TPSA) is 59.9 Å². The first-order valence-electron chi connectivity index (χ1n) is 6.82. The quantitative estimate of drug-likeness (QED) is 0.795. The monoisotopic (exact) mass is 280 g/mol. The smallest absolute Gasteiger partial charge is 0.189 e. The Hall–Kier alpha value is -2.69. The molecule has 1 N–H and O–H groups in total. The summed E-state index contributed by atoms with van der Waals surface area (Å²) in [5, 5.41) is 4.27. The third-order valence-electron chi connectivity index (χ3n) is 3.19. The average molecular weight is 280 g/mol. The lowest BCUT2D eigenvalue weighted by Gasteiger charge is -2.12. The predicted octanol–water partition coefficient (Wildman–Crippen LogP) is 3.13. The maximum absolute atomic E-state index is 5.47. The van der Waals surface area contributed by atoms with E-state index < -0.39 is 0 Å². The van der Waals surface area contributed by atoms with E-state index in [0.29, 0.717) is 17.3 Å². The molecule has 5 nitrogen and oxygen atoms in total. The van der Waals surface area contributed by atoms with E-state index in [1.165, 1.54) is 6.33 Å². The fourth-order valence-corrected chi connectivity index (χ4v) is 2.24. The number of para-hydroxylation sites is 1. The zero-order valence-electron chi connectivity index (χ0n) is 12.0. The molecule has 0 unspecified atom stereocenters. The highest BCUT2D eigenvalue weighted by atomic mass is 16.5. The Balaban J connectivity index is 2.15. The van der Waals surface area contributed by atoms with Crippen LogP contribution in [0.2, 0.25) is 0 Å². The first-order valence-corrected chi connectivity index (χ1v) is 6.82. The van der Waals surface area contributed by atoms with Gasteiger partial charge in [-0.05, 0) is 19.1 Å². The molecule has 0 atom stereocenters. The van der Waals surface area contributed by atoms with Crippen molar-refractivity contribution in [3.63, 3.8) is 0 Å². The van der Waals surface area contributed by atoms with Crippen LogP contribution in [0.3, 0.4) is 0 Å². The predicted molar refractivity (Wildman–Crippen MR) is 83.5 cm³/mol. The Morgan fingerprint density at radius 1 is 1.10 bits per heavy atom. The molecule has 21 heavy (non-hydrogen) atoms. The Kier molecular flexibility index (Phi) is 3.64. The molecule has 0 bridgehead atoms. The minimum absolute atomic E-state index is 0.613. The van der Waals surface area contributed by atoms with Gasteiger partial charge in [-0.3, -0.25) is 0 Å². The van der Waals surface area contributed by atoms with Gasteiger partial charge in [0.2, 0.25) is 0 Å². The Morgan fingerprint density at radius 2 is 1.95 bits per heavy atom. The maximum Gasteiger partial charge on any atom is 0.189 e. The van der Waals surface area contributed by atoms with Crippen LogP contribution in [0.4, 0.5) is 5.82 Å². The van der Waals surface area contributed by atoms with E-state index in [4.69, 9.17) is 4.74 Å². The number of aromatic nitrogens is 3. The van der Waals surface area contributed by atoms with Gasteiger partial charge in [0.05, 0.1) is 18.3 Å². The lowest BCUT2D eigenvalue weighted by molar-refractivity contribution is 0.414. The second-order valence-corrected chi connectivity index (χ2v) is 4.52. The minimum Gasteiger partial charge on any atom is -0.491 e. The summed E-state index contributed by atoms with van der Waals surface area (Å²) in [5.41, 5.74) is 2.39. The summed E-state index contributed by atoms with van der Waals surface area (Å²) < 4.78 is 5.47. The molecule has 0 aliphatic heterocycles. The molecular formula is C16H16N4O. The zero-order chi connectivity index (χ0) is 14.7. The van der Waals surface area contributed by atoms with Crippen molar-refractivity contribution in [3.05, 3.63) is 42.7 Å². The van der Waals surface area contributed by atoms with E-state index in [9.17, 15) is 0 Å². The van der Waals surface area contributed by atoms with Gasteiger partial charge in [-0.2, -0.15) is 0 Å². The highest BCUT2D eigenvalue weighted by molar-refractivity contribution is 5.82. The first-order chi connectivity index (χ1) is 10.3. The molecule has 1 aromatic carbocycles. The molecule has 0 aliphatic carbocycles. The van der Waals surface area contributed by atoms with Crippen LogP contribution in [0, 0.1) is 0 Å². The van der Waals surface area contributed by atoms with Gasteiger partial charge >= 0.3 is 0 Å². The second kappa shape index (κ2) is 5.75. The summed E-state index contributed by atoms with van der Waals surface area (Å²) in [6.45, 7) is 2.77. The summed E-state index contributed by atoms with van der Waals surface area (Å²) >= 11 is 0. The number of nitrogens with zero attached hydrogens (tertiary/aromatic N) is 3. The van der Waals surface area contributed by atoms with Crippen LogP contribution in [0.15, 0.2) is 42.7 Å². The average Bonchev–Trinajstić information content (AvgIpc) is 2.54. The maximum atomic E-state index is 5.47. The fourth-order valence-electron chi connectivity index (χ4n) is 2.24. The molecule has 106 valence electrons. The van der Waals surface area contributed by atoms with Crippen LogP contribution in [-0.2, 0) is 0 Å². The van der Waals surface area contributed by atoms with Gasteiger partial charge in [0, 0.05) is 11.9 Å². The summed E-state index contributed by atoms with van der Waals surface area (Å²) in [6, 6.07) is 12.0. The van der Waals surface area contributed by atoms with Gasteiger partial charge in [-0.25, -0.2) is 15.0 Å². The standard InChI is InChI=1S/C16H16N4O/c1-3-17-16-15(21-2)14(18-10-19-16)13-9-8-11-6-4-5-7-12(11)20-13/h4-10H,3H2,1-2H3,(H,17,18,19). The molecule has 0 radical (unpaired) electrons. The Labute approximate surface area is 123 Å². The van der Waals surface area contributed by atoms with Gasteiger partial charge < -0.3 is 10.1 Å². The molecule has 0 aliphatic rings. The summed E-state index contributed by atoms with van der Waals surface area (Å²) in [5.74, 6) is 1.29. The van der Waals surface area contributed by atoms with Crippen LogP contribution >= 0.6 is 0 Å². The molecule has 2 heterocycles. The highest BCUT2D eigenvalue weighted by Gasteiger charge is 2.14. The van der Waals surface area contributed by atoms with Gasteiger partial charge in [-0.15, -0.1) is 0 Å². The van der Waals surface area contributed by atoms with Crippen molar-refractivity contribution in [1.82, 2.24) is 15.0 Å². The molecular weight excluding hydrogens is 264 g/mol. The largest absolute Gasteiger partial charge is 0.491 e. The van der Waals surface area contributed by atoms with Gasteiger partial charge in [0.1, 0.15) is 12.0 Å². The van der Waals surface area contributed by atoms with Crippen molar-refractivity contribution >= 4 is 16.7 Å². The van der Waals surface area contributed by atoms with Crippen molar-refractivity contribution < 1.29 is 4.74 Å². The summed E-state index contributed by atoms with van der Waals surface area (Å²) in [7, 11) is 1.62. The van der Waals surface area contributed by atoms with E-state index in [0.717, 1.165) is 23.1 Å². The number of nitrogens with one attached hydrogen (secondary N) is 1. The number of fused-ring (bicyclic) bond motifs is 1. The highest BCUT2D eigenvalue weighted by Crippen LogP contribution is 2.32. The van der Waals surface area contributed by atoms with Crippen molar-refractivity contribution in [1.29, 1.82) is 0 Å². The first kappa shape index (κ1) is 13.3. The molecule has 0 saturated carbocycles. The SMILES string of the molecule is CCNc1ncnc(-c2ccc3ccccc3n2)c1OC. The second-order valence-electron chi connectivity index (χ2n) is 4.52. The lowest BCUT2D eigenvalue weighted by atomic mass is 10.1. The van der Waals surface area contributed by atoms with E-state index >= 15 is 0 Å². The third kappa shape index (κ3) is 2.50. The Bertz CT molecular complexity index is 773. The molecule has 0 amide bonds. The summed E-state index contributed by atoms with van der Waals surface area (Å²) in [6.07, 6.45) is 1.52. The van der Waals surface area contributed by atoms with Crippen LogP contribution in [0.1, 0.15) is 6.92 Å². The van der Waals surface area contributed by atoms with E-state index in [2.05, 4.69) is 20.3 Å². The number of rotatable bonds is 4. The van der Waals surface area contributed by atoms with Crippen LogP contribution in [0.25, 0.3) is 22.3 Å². The van der Waals surface area contributed by atoms with Crippen LogP contribution < -0.4 is 10.1 Å². The number of pyridine rings is 1. The van der Waals surface area contributed by atoms with Crippen molar-refractivity contribution in [3.8, 4) is 17.1 Å². The van der Waals surface area contributed by atoms with Crippen LogP contribution in [-0.4, -0.2) is 28.6 Å². The lowest BCUT2D eigenvalue weighted by Crippen LogP contribution is -2.04. The number of benzene rings is 1. The van der Waals surface area contributed by atoms with E-state index in [1.54, 1.807) is 7.11 Å². The number of ether oxygens (including phenoxy) is 1. The molecule has 0 spiro atoms. The van der Waals surface area contributed by atoms with Crippen molar-refractivity contribution in [2.24, 2.45) is 0 Å². The summed E-state index contributed by atoms with van der Waals surface area (Å²) in [4.78, 5) is 13.2. The zero-order valence-corrected chi connectivity index (χ0v) is 12.0. The van der Waals surface area contributed by atoms with Gasteiger partial charge in [0.15, 0.2) is 11.6 Å². The Morgan fingerprint density at radius 3 is 2.76 bits per heavy atom. The number of hydrogen-bond donors (Lipinski definition) is 1. The fraction of sp³-hybridized carbons (Fsp3) is 0.188. The molecule has 0 saturated heterocycles.